The van der Waals surface area contributed by atoms with E-state index in [9.17, 15) is 0 Å². The van der Waals surface area contributed by atoms with Gasteiger partial charge in [-0.25, -0.2) is 0 Å². The number of hydrogen-bond donors (Lipinski definition) is 0. The van der Waals surface area contributed by atoms with E-state index in [1.54, 1.807) is 0 Å². The van der Waals surface area contributed by atoms with Crippen LogP contribution in [0.5, 0.6) is 11.5 Å². The summed E-state index contributed by atoms with van der Waals surface area (Å²) in [6.45, 7) is 7.22. The van der Waals surface area contributed by atoms with Gasteiger partial charge in [0.05, 0.1) is 13.2 Å². The van der Waals surface area contributed by atoms with Gasteiger partial charge in [-0.3, -0.25) is 0 Å². The number of benzene rings is 2. The first-order valence-electron chi connectivity index (χ1n) is 11.1. The number of aryl methyl sites for hydroxylation is 2. The highest BCUT2D eigenvalue weighted by Crippen LogP contribution is 2.38. The molecule has 3 atom stereocenters. The van der Waals surface area contributed by atoms with Gasteiger partial charge in [0.25, 0.3) is 0 Å². The van der Waals surface area contributed by atoms with E-state index in [2.05, 4.69) is 56.3 Å². The Morgan fingerprint density at radius 2 is 1.50 bits per heavy atom. The van der Waals surface area contributed by atoms with Crippen molar-refractivity contribution in [2.75, 3.05) is 26.4 Å². The fraction of sp³-hybridized carbons (Fsp3) is 0.462. The van der Waals surface area contributed by atoms with Crippen molar-refractivity contribution in [2.45, 2.75) is 51.2 Å². The summed E-state index contributed by atoms with van der Waals surface area (Å²) < 4.78 is 22.3. The second-order valence-electron chi connectivity index (χ2n) is 8.73. The molecule has 2 aliphatic heterocycles. The number of hydrogen-bond acceptors (Lipinski definition) is 4. The lowest BCUT2D eigenvalue weighted by atomic mass is 9.82. The third kappa shape index (κ3) is 4.71. The van der Waals surface area contributed by atoms with Crippen LogP contribution in [-0.2, 0) is 9.47 Å². The van der Waals surface area contributed by atoms with Crippen LogP contribution in [0.1, 0.15) is 47.4 Å². The zero-order valence-corrected chi connectivity index (χ0v) is 17.9. The molecule has 2 fully saturated rings. The highest BCUT2D eigenvalue weighted by atomic mass is 16.6. The minimum Gasteiger partial charge on any atom is -0.491 e. The maximum absolute atomic E-state index is 5.90. The summed E-state index contributed by atoms with van der Waals surface area (Å²) in [4.78, 5) is 0. The Morgan fingerprint density at radius 1 is 0.867 bits per heavy atom. The highest BCUT2D eigenvalue weighted by Gasteiger charge is 2.24. The normalized spacial score (nSPS) is 24.9. The largest absolute Gasteiger partial charge is 0.491 e. The van der Waals surface area contributed by atoms with Gasteiger partial charge in [0, 0.05) is 5.92 Å². The van der Waals surface area contributed by atoms with E-state index in [0.29, 0.717) is 19.1 Å². The molecule has 3 unspecified atom stereocenters. The molecule has 0 radical (unpaired) electrons. The number of ether oxygens (including phenoxy) is 4. The van der Waals surface area contributed by atoms with Crippen molar-refractivity contribution < 1.29 is 18.9 Å². The van der Waals surface area contributed by atoms with E-state index in [-0.39, 0.29) is 12.2 Å². The van der Waals surface area contributed by atoms with E-state index < -0.39 is 0 Å². The van der Waals surface area contributed by atoms with Crippen LogP contribution >= 0.6 is 0 Å². The molecule has 2 aromatic rings. The van der Waals surface area contributed by atoms with Crippen molar-refractivity contribution in [1.29, 1.82) is 0 Å². The zero-order valence-electron chi connectivity index (χ0n) is 17.9. The minimum atomic E-state index is 0.285. The van der Waals surface area contributed by atoms with Gasteiger partial charge in [0.2, 0.25) is 0 Å². The van der Waals surface area contributed by atoms with Crippen molar-refractivity contribution in [2.24, 2.45) is 0 Å². The van der Waals surface area contributed by atoms with Crippen LogP contribution in [0.25, 0.3) is 5.57 Å². The van der Waals surface area contributed by atoms with Gasteiger partial charge in [-0.1, -0.05) is 24.3 Å². The average molecular weight is 407 g/mol. The van der Waals surface area contributed by atoms with Crippen molar-refractivity contribution in [1.82, 2.24) is 0 Å². The van der Waals surface area contributed by atoms with E-state index in [0.717, 1.165) is 31.1 Å². The predicted molar refractivity (Wildman–Crippen MR) is 117 cm³/mol. The summed E-state index contributed by atoms with van der Waals surface area (Å²) in [5.74, 6) is 2.39. The first kappa shape index (κ1) is 19.7. The molecule has 0 N–H and O–H groups in total. The second kappa shape index (κ2) is 8.44. The molecular formula is C26H30O4. The lowest BCUT2D eigenvalue weighted by Crippen LogP contribution is -2.07. The summed E-state index contributed by atoms with van der Waals surface area (Å²) in [7, 11) is 0. The molecule has 0 bridgehead atoms. The fourth-order valence-electron chi connectivity index (χ4n) is 4.20. The molecule has 4 nitrogen and oxygen atoms in total. The van der Waals surface area contributed by atoms with Crippen LogP contribution in [0, 0.1) is 13.8 Å². The lowest BCUT2D eigenvalue weighted by molar-refractivity contribution is 0.261. The van der Waals surface area contributed by atoms with Crippen molar-refractivity contribution in [3.63, 3.8) is 0 Å². The van der Waals surface area contributed by atoms with Crippen molar-refractivity contribution in [3.05, 3.63) is 64.7 Å². The third-order valence-electron chi connectivity index (χ3n) is 6.19. The maximum Gasteiger partial charge on any atom is 0.122 e. The Hall–Kier alpha value is -2.30. The smallest absolute Gasteiger partial charge is 0.122 e. The standard InChI is InChI=1S/C26H30O4/c1-17-10-21(6-8-25(17)29-15-23-13-27-23)19-4-3-5-20(12-19)22-7-9-26(18(2)11-22)30-16-24-14-28-24/h6-12,19,23-24H,3-5,13-16H2,1-2H3. The molecule has 0 saturated carbocycles. The van der Waals surface area contributed by atoms with Gasteiger partial charge in [0.1, 0.15) is 36.9 Å². The lowest BCUT2D eigenvalue weighted by Gasteiger charge is -2.23. The molecular weight excluding hydrogens is 376 g/mol. The van der Waals surface area contributed by atoms with E-state index >= 15 is 0 Å². The average Bonchev–Trinajstić information content (AvgIpc) is 3.67. The topological polar surface area (TPSA) is 43.5 Å². The molecule has 4 heteroatoms. The van der Waals surface area contributed by atoms with Crippen LogP contribution in [0.4, 0.5) is 0 Å². The van der Waals surface area contributed by atoms with Crippen LogP contribution in [0.2, 0.25) is 0 Å². The Bertz CT molecular complexity index is 940. The van der Waals surface area contributed by atoms with Crippen LogP contribution in [-0.4, -0.2) is 38.6 Å². The number of epoxide rings is 2. The molecule has 30 heavy (non-hydrogen) atoms. The fourth-order valence-corrected chi connectivity index (χ4v) is 4.20. The summed E-state index contributed by atoms with van der Waals surface area (Å²) in [5, 5.41) is 0. The minimum absolute atomic E-state index is 0.285. The predicted octanol–water partition coefficient (Wildman–Crippen LogP) is 5.21. The van der Waals surface area contributed by atoms with Crippen molar-refractivity contribution in [3.8, 4) is 11.5 Å². The first-order chi connectivity index (χ1) is 14.7. The number of allylic oxidation sites excluding steroid dienone is 2. The highest BCUT2D eigenvalue weighted by molar-refractivity contribution is 5.69. The molecule has 0 aromatic heterocycles. The monoisotopic (exact) mass is 406 g/mol. The number of rotatable bonds is 8. The van der Waals surface area contributed by atoms with Gasteiger partial charge < -0.3 is 18.9 Å². The molecule has 158 valence electrons. The molecule has 0 amide bonds. The van der Waals surface area contributed by atoms with Crippen molar-refractivity contribution >= 4 is 5.57 Å². The Kier molecular flexibility index (Phi) is 5.53. The Labute approximate surface area is 178 Å². The summed E-state index contributed by atoms with van der Waals surface area (Å²) in [6, 6.07) is 13.2. The molecule has 1 aliphatic carbocycles. The van der Waals surface area contributed by atoms with Crippen LogP contribution in [0.15, 0.2) is 42.5 Å². The van der Waals surface area contributed by atoms with Gasteiger partial charge in [-0.05, 0) is 79.1 Å². The third-order valence-corrected chi connectivity index (χ3v) is 6.19. The molecule has 2 heterocycles. The quantitative estimate of drug-likeness (QED) is 0.565. The molecule has 5 rings (SSSR count). The molecule has 3 aliphatic rings. The Balaban J connectivity index is 1.30. The summed E-state index contributed by atoms with van der Waals surface area (Å²) in [6.07, 6.45) is 6.57. The van der Waals surface area contributed by atoms with E-state index in [1.165, 1.54) is 40.7 Å². The van der Waals surface area contributed by atoms with Gasteiger partial charge in [0.15, 0.2) is 0 Å². The van der Waals surface area contributed by atoms with Gasteiger partial charge >= 0.3 is 0 Å². The van der Waals surface area contributed by atoms with Gasteiger partial charge in [-0.2, -0.15) is 0 Å². The SMILES string of the molecule is Cc1cc(C2=CC(c3ccc(OCC4CO4)c(C)c3)CCC2)ccc1OCC1CO1. The molecule has 2 aromatic carbocycles. The van der Waals surface area contributed by atoms with Crippen LogP contribution in [0.3, 0.4) is 0 Å². The zero-order chi connectivity index (χ0) is 20.5. The maximum atomic E-state index is 5.90. The first-order valence-corrected chi connectivity index (χ1v) is 11.1. The summed E-state index contributed by atoms with van der Waals surface area (Å²) >= 11 is 0. The second-order valence-corrected chi connectivity index (χ2v) is 8.73. The molecule has 2 saturated heterocycles. The van der Waals surface area contributed by atoms with E-state index in [1.807, 2.05) is 0 Å². The Morgan fingerprint density at radius 3 is 2.10 bits per heavy atom. The molecule has 0 spiro atoms. The van der Waals surface area contributed by atoms with Crippen LogP contribution < -0.4 is 9.47 Å². The van der Waals surface area contributed by atoms with Gasteiger partial charge in [-0.15, -0.1) is 0 Å². The van der Waals surface area contributed by atoms with E-state index in [4.69, 9.17) is 18.9 Å². The summed E-state index contributed by atoms with van der Waals surface area (Å²) in [5.41, 5.74) is 6.52.